The Labute approximate surface area is 331 Å². The first-order chi connectivity index (χ1) is 27.6. The second-order valence-corrected chi connectivity index (χ2v) is 14.3. The van der Waals surface area contributed by atoms with Crippen molar-refractivity contribution in [1.29, 1.82) is 0 Å². The highest BCUT2D eigenvalue weighted by atomic mass is 14.1. The molecule has 0 unspecified atom stereocenters. The van der Waals surface area contributed by atoms with Gasteiger partial charge in [-0.1, -0.05) is 206 Å². The van der Waals surface area contributed by atoms with E-state index in [9.17, 15) is 0 Å². The summed E-state index contributed by atoms with van der Waals surface area (Å²) < 4.78 is 0. The van der Waals surface area contributed by atoms with Crippen LogP contribution in [0.15, 0.2) is 194 Å². The van der Waals surface area contributed by atoms with E-state index in [0.717, 1.165) is 11.1 Å². The van der Waals surface area contributed by atoms with Crippen molar-refractivity contribution in [2.45, 2.75) is 13.8 Å². The molecule has 0 bridgehead atoms. The first-order valence-electron chi connectivity index (χ1n) is 19.3. The average Bonchev–Trinajstić information content (AvgIpc) is 3.25. The van der Waals surface area contributed by atoms with Gasteiger partial charge in [0.2, 0.25) is 0 Å². The lowest BCUT2D eigenvalue weighted by Gasteiger charge is -2.12. The molecule has 56 heavy (non-hydrogen) atoms. The van der Waals surface area contributed by atoms with Gasteiger partial charge in [0.1, 0.15) is 0 Å². The van der Waals surface area contributed by atoms with Crippen molar-refractivity contribution in [1.82, 2.24) is 0 Å². The van der Waals surface area contributed by atoms with Gasteiger partial charge in [0.15, 0.2) is 0 Å². The Balaban J connectivity index is 1.04. The molecule has 8 rings (SSSR count). The zero-order valence-electron chi connectivity index (χ0n) is 31.9. The third-order valence-electron chi connectivity index (χ3n) is 10.4. The van der Waals surface area contributed by atoms with Gasteiger partial charge in [0, 0.05) is 0 Å². The standard InChI is InChI=1S/C56H44/c1-41-15-9-12-22-52(41)55(48-17-5-3-6-18-48)39-45-30-25-43(26-31-45)29-34-47-37-50-21-11-14-24-54(50)51(38-47)36-35-44-27-32-46(33-28-44)40-56(49-19-7-4-8-20-49)53-23-13-10-16-42(53)2/h3-40H,1-2H3. The van der Waals surface area contributed by atoms with Crippen molar-refractivity contribution in [3.63, 3.8) is 0 Å². The van der Waals surface area contributed by atoms with Crippen LogP contribution < -0.4 is 0 Å². The molecule has 0 amide bonds. The molecule has 0 aliphatic carbocycles. The van der Waals surface area contributed by atoms with E-state index in [1.54, 1.807) is 0 Å². The summed E-state index contributed by atoms with van der Waals surface area (Å²) in [6, 6.07) is 69.4. The van der Waals surface area contributed by atoms with E-state index < -0.39 is 0 Å². The summed E-state index contributed by atoms with van der Waals surface area (Å²) in [5.74, 6) is 0. The molecule has 0 spiro atoms. The number of hydrogen-bond acceptors (Lipinski definition) is 0. The molecular formula is C56H44. The lowest BCUT2D eigenvalue weighted by molar-refractivity contribution is 1.42. The van der Waals surface area contributed by atoms with Gasteiger partial charge in [0.25, 0.3) is 0 Å². The van der Waals surface area contributed by atoms with Crippen LogP contribution in [0.5, 0.6) is 0 Å². The molecule has 0 aromatic heterocycles. The summed E-state index contributed by atoms with van der Waals surface area (Å²) >= 11 is 0. The first kappa shape index (κ1) is 36.0. The largest absolute Gasteiger partial charge is 0.0622 e. The van der Waals surface area contributed by atoms with E-state index in [-0.39, 0.29) is 0 Å². The lowest BCUT2D eigenvalue weighted by Crippen LogP contribution is -1.91. The van der Waals surface area contributed by atoms with Gasteiger partial charge in [0.05, 0.1) is 0 Å². The third kappa shape index (κ3) is 8.52. The molecule has 0 fully saturated rings. The summed E-state index contributed by atoms with van der Waals surface area (Å²) in [7, 11) is 0. The van der Waals surface area contributed by atoms with Crippen molar-refractivity contribution < 1.29 is 0 Å². The summed E-state index contributed by atoms with van der Waals surface area (Å²) in [5, 5.41) is 2.47. The third-order valence-corrected chi connectivity index (χ3v) is 10.4. The normalized spacial score (nSPS) is 12.2. The molecule has 0 aliphatic rings. The maximum atomic E-state index is 2.30. The van der Waals surface area contributed by atoms with E-state index in [0.29, 0.717) is 0 Å². The predicted octanol–water partition coefficient (Wildman–Crippen LogP) is 15.0. The van der Waals surface area contributed by atoms with Crippen LogP contribution in [0.1, 0.15) is 66.8 Å². The fourth-order valence-corrected chi connectivity index (χ4v) is 7.34. The molecule has 0 heteroatoms. The SMILES string of the molecule is Cc1ccccc1C(=Cc1ccc(C=Cc2cc(C=Cc3ccc(C=C(c4ccccc4)c4ccccc4C)cc3)c3ccccc3c2)cc1)c1ccccc1. The average molecular weight is 717 g/mol. The molecule has 8 aromatic carbocycles. The molecule has 268 valence electrons. The number of hydrogen-bond donors (Lipinski definition) is 0. The van der Waals surface area contributed by atoms with E-state index in [4.69, 9.17) is 0 Å². The lowest BCUT2D eigenvalue weighted by atomic mass is 9.92. The van der Waals surface area contributed by atoms with Gasteiger partial charge in [-0.3, -0.25) is 0 Å². The second-order valence-electron chi connectivity index (χ2n) is 14.3. The molecule has 0 aliphatic heterocycles. The summed E-state index contributed by atoms with van der Waals surface area (Å²) in [5.41, 5.74) is 17.0. The van der Waals surface area contributed by atoms with Gasteiger partial charge in [-0.25, -0.2) is 0 Å². The Morgan fingerprint density at radius 3 is 1.27 bits per heavy atom. The van der Waals surface area contributed by atoms with Gasteiger partial charge in [-0.2, -0.15) is 0 Å². The molecule has 0 saturated carbocycles. The fraction of sp³-hybridized carbons (Fsp3) is 0.0357. The molecule has 8 aromatic rings. The number of rotatable bonds is 10. The number of fused-ring (bicyclic) bond motifs is 1. The zero-order chi connectivity index (χ0) is 38.1. The Morgan fingerprint density at radius 1 is 0.339 bits per heavy atom. The molecule has 0 nitrogen and oxygen atoms in total. The van der Waals surface area contributed by atoms with Crippen LogP contribution >= 0.6 is 0 Å². The van der Waals surface area contributed by atoms with Crippen molar-refractivity contribution in [2.24, 2.45) is 0 Å². The van der Waals surface area contributed by atoms with Crippen molar-refractivity contribution in [3.05, 3.63) is 261 Å². The smallest absolute Gasteiger partial charge is 0.0103 e. The zero-order valence-corrected chi connectivity index (χ0v) is 31.9. The molecule has 0 radical (unpaired) electrons. The molecule has 0 atom stereocenters. The monoisotopic (exact) mass is 716 g/mol. The maximum Gasteiger partial charge on any atom is -0.0103 e. The summed E-state index contributed by atoms with van der Waals surface area (Å²) in [6.07, 6.45) is 13.5. The Morgan fingerprint density at radius 2 is 0.750 bits per heavy atom. The molecule has 0 saturated heterocycles. The molecule has 0 N–H and O–H groups in total. The topological polar surface area (TPSA) is 0 Å². The van der Waals surface area contributed by atoms with Crippen LogP contribution in [0, 0.1) is 13.8 Å². The summed E-state index contributed by atoms with van der Waals surface area (Å²) in [4.78, 5) is 0. The second kappa shape index (κ2) is 17.0. The highest BCUT2D eigenvalue weighted by Crippen LogP contribution is 2.31. The van der Waals surface area contributed by atoms with E-state index in [2.05, 4.69) is 244 Å². The Kier molecular flexibility index (Phi) is 10.9. The van der Waals surface area contributed by atoms with Crippen molar-refractivity contribution in [3.8, 4) is 0 Å². The van der Waals surface area contributed by atoms with E-state index in [1.165, 1.54) is 77.6 Å². The highest BCUT2D eigenvalue weighted by Gasteiger charge is 2.09. The molecular weight excluding hydrogens is 673 g/mol. The van der Waals surface area contributed by atoms with Gasteiger partial charge in [-0.05, 0) is 127 Å². The van der Waals surface area contributed by atoms with E-state index >= 15 is 0 Å². The van der Waals surface area contributed by atoms with Crippen LogP contribution in [0.2, 0.25) is 0 Å². The van der Waals surface area contributed by atoms with Crippen LogP contribution in [-0.2, 0) is 0 Å². The quantitative estimate of drug-likeness (QED) is 0.124. The Bertz CT molecular complexity index is 2700. The minimum absolute atomic E-state index is 1.16. The fourth-order valence-electron chi connectivity index (χ4n) is 7.34. The first-order valence-corrected chi connectivity index (χ1v) is 19.3. The number of benzene rings is 8. The van der Waals surface area contributed by atoms with E-state index in [1.807, 2.05) is 0 Å². The van der Waals surface area contributed by atoms with Gasteiger partial charge >= 0.3 is 0 Å². The van der Waals surface area contributed by atoms with Gasteiger partial charge < -0.3 is 0 Å². The van der Waals surface area contributed by atoms with Crippen LogP contribution in [0.4, 0.5) is 0 Å². The minimum Gasteiger partial charge on any atom is -0.0622 e. The van der Waals surface area contributed by atoms with Crippen LogP contribution in [0.3, 0.4) is 0 Å². The Hall–Kier alpha value is -7.02. The van der Waals surface area contributed by atoms with Crippen molar-refractivity contribution >= 4 is 58.4 Å². The van der Waals surface area contributed by atoms with Crippen LogP contribution in [-0.4, -0.2) is 0 Å². The van der Waals surface area contributed by atoms with Crippen molar-refractivity contribution in [2.75, 3.05) is 0 Å². The summed E-state index contributed by atoms with van der Waals surface area (Å²) in [6.45, 7) is 4.36. The predicted molar refractivity (Wildman–Crippen MR) is 244 cm³/mol. The van der Waals surface area contributed by atoms with Gasteiger partial charge in [-0.15, -0.1) is 0 Å². The maximum absolute atomic E-state index is 2.30. The number of aryl methyl sites for hydroxylation is 2. The molecule has 0 heterocycles. The minimum atomic E-state index is 1.16. The highest BCUT2D eigenvalue weighted by molar-refractivity contribution is 5.96. The van der Waals surface area contributed by atoms with Crippen LogP contribution in [0.25, 0.3) is 58.4 Å².